The molecule has 1 aliphatic carbocycles. The fourth-order valence-electron chi connectivity index (χ4n) is 2.65. The Hall–Kier alpha value is -1.78. The van der Waals surface area contributed by atoms with Gasteiger partial charge in [0.25, 0.3) is 0 Å². The van der Waals surface area contributed by atoms with Crippen molar-refractivity contribution in [3.8, 4) is 5.88 Å². The Labute approximate surface area is 127 Å². The van der Waals surface area contributed by atoms with E-state index in [1.807, 2.05) is 50.1 Å². The van der Waals surface area contributed by atoms with Gasteiger partial charge in [0.1, 0.15) is 6.10 Å². The molecule has 0 amide bonds. The molecular weight excluding hydrogens is 264 g/mol. The third-order valence-electron chi connectivity index (χ3n) is 3.62. The highest BCUT2D eigenvalue weighted by molar-refractivity contribution is 5.79. The molecular formula is C16H26N4O. The molecule has 1 aliphatic rings. The van der Waals surface area contributed by atoms with Gasteiger partial charge in [-0.2, -0.15) is 0 Å². The first kappa shape index (κ1) is 15.6. The van der Waals surface area contributed by atoms with Crippen molar-refractivity contribution in [2.45, 2.75) is 38.3 Å². The first-order valence-electron chi connectivity index (χ1n) is 7.57. The maximum Gasteiger partial charge on any atom is 0.218 e. The molecule has 5 heteroatoms. The van der Waals surface area contributed by atoms with Crippen molar-refractivity contribution in [2.75, 3.05) is 28.2 Å². The number of aromatic nitrogens is 1. The van der Waals surface area contributed by atoms with E-state index in [0.29, 0.717) is 12.6 Å². The highest BCUT2D eigenvalue weighted by Crippen LogP contribution is 2.25. The minimum absolute atomic E-state index is 0.324. The SMILES string of the molecule is CN(C)C(=NCc1cccnc1OC1CCCC1)N(C)C. The molecule has 0 saturated heterocycles. The summed E-state index contributed by atoms with van der Waals surface area (Å²) in [5.74, 6) is 1.68. The van der Waals surface area contributed by atoms with Crippen LogP contribution < -0.4 is 4.74 Å². The summed E-state index contributed by atoms with van der Waals surface area (Å²) in [6.07, 6.45) is 6.91. The summed E-state index contributed by atoms with van der Waals surface area (Å²) < 4.78 is 6.05. The van der Waals surface area contributed by atoms with E-state index >= 15 is 0 Å². The van der Waals surface area contributed by atoms with Crippen LogP contribution in [0.4, 0.5) is 0 Å². The Balaban J connectivity index is 2.10. The Morgan fingerprint density at radius 3 is 2.52 bits per heavy atom. The van der Waals surface area contributed by atoms with E-state index in [9.17, 15) is 0 Å². The topological polar surface area (TPSA) is 41.0 Å². The largest absolute Gasteiger partial charge is 0.474 e. The number of nitrogens with zero attached hydrogens (tertiary/aromatic N) is 4. The second-order valence-electron chi connectivity index (χ2n) is 5.90. The molecule has 0 bridgehead atoms. The van der Waals surface area contributed by atoms with E-state index in [0.717, 1.165) is 30.2 Å². The summed E-state index contributed by atoms with van der Waals surface area (Å²) in [5, 5.41) is 0. The molecule has 21 heavy (non-hydrogen) atoms. The standard InChI is InChI=1S/C16H26N4O/c1-19(2)16(20(3)4)18-12-13-8-7-11-17-15(13)21-14-9-5-6-10-14/h7-8,11,14H,5-6,9-10,12H2,1-4H3. The number of aliphatic imine (C=N–C) groups is 1. The van der Waals surface area contributed by atoms with E-state index < -0.39 is 0 Å². The van der Waals surface area contributed by atoms with Gasteiger partial charge in [-0.3, -0.25) is 0 Å². The van der Waals surface area contributed by atoms with Gasteiger partial charge < -0.3 is 14.5 Å². The van der Waals surface area contributed by atoms with Crippen molar-refractivity contribution in [1.29, 1.82) is 0 Å². The van der Waals surface area contributed by atoms with E-state index in [2.05, 4.69) is 9.98 Å². The second-order valence-corrected chi connectivity index (χ2v) is 5.90. The van der Waals surface area contributed by atoms with Gasteiger partial charge in [0.05, 0.1) is 6.54 Å². The Kier molecular flexibility index (Phi) is 5.42. The van der Waals surface area contributed by atoms with Crippen molar-refractivity contribution >= 4 is 5.96 Å². The number of hydrogen-bond donors (Lipinski definition) is 0. The lowest BCUT2D eigenvalue weighted by atomic mass is 10.2. The average Bonchev–Trinajstić information content (AvgIpc) is 2.93. The van der Waals surface area contributed by atoms with Crippen LogP contribution in [0, 0.1) is 0 Å². The summed E-state index contributed by atoms with van der Waals surface area (Å²) in [5.41, 5.74) is 1.05. The lowest BCUT2D eigenvalue weighted by molar-refractivity contribution is 0.199. The van der Waals surface area contributed by atoms with Crippen LogP contribution >= 0.6 is 0 Å². The second kappa shape index (κ2) is 7.29. The molecule has 116 valence electrons. The summed E-state index contributed by atoms with van der Waals surface area (Å²) in [6, 6.07) is 3.99. The van der Waals surface area contributed by atoms with E-state index in [1.165, 1.54) is 12.8 Å². The number of guanidine groups is 1. The normalized spacial score (nSPS) is 14.9. The van der Waals surface area contributed by atoms with Gasteiger partial charge in [-0.25, -0.2) is 9.98 Å². The molecule has 0 unspecified atom stereocenters. The quantitative estimate of drug-likeness (QED) is 0.630. The van der Waals surface area contributed by atoms with Gasteiger partial charge in [0, 0.05) is 40.0 Å². The van der Waals surface area contributed by atoms with Gasteiger partial charge >= 0.3 is 0 Å². The lowest BCUT2D eigenvalue weighted by Crippen LogP contribution is -2.35. The van der Waals surface area contributed by atoms with E-state index in [1.54, 1.807) is 6.20 Å². The number of pyridine rings is 1. The fraction of sp³-hybridized carbons (Fsp3) is 0.625. The molecule has 0 aromatic carbocycles. The van der Waals surface area contributed by atoms with Crippen LogP contribution in [0.25, 0.3) is 0 Å². The summed E-state index contributed by atoms with van der Waals surface area (Å²) in [4.78, 5) is 13.1. The molecule has 0 radical (unpaired) electrons. The van der Waals surface area contributed by atoms with Gasteiger partial charge in [-0.05, 0) is 31.7 Å². The highest BCUT2D eigenvalue weighted by atomic mass is 16.5. The fourth-order valence-corrected chi connectivity index (χ4v) is 2.65. The number of ether oxygens (including phenoxy) is 1. The van der Waals surface area contributed by atoms with Crippen molar-refractivity contribution in [2.24, 2.45) is 4.99 Å². The molecule has 1 saturated carbocycles. The van der Waals surface area contributed by atoms with Crippen LogP contribution in [0.5, 0.6) is 5.88 Å². The lowest BCUT2D eigenvalue weighted by Gasteiger charge is -2.23. The third kappa shape index (κ3) is 4.34. The zero-order valence-electron chi connectivity index (χ0n) is 13.5. The van der Waals surface area contributed by atoms with Crippen LogP contribution in [-0.2, 0) is 6.54 Å². The van der Waals surface area contributed by atoms with Crippen molar-refractivity contribution in [3.63, 3.8) is 0 Å². The van der Waals surface area contributed by atoms with E-state index in [4.69, 9.17) is 4.74 Å². The smallest absolute Gasteiger partial charge is 0.218 e. The monoisotopic (exact) mass is 290 g/mol. The van der Waals surface area contributed by atoms with Crippen molar-refractivity contribution in [1.82, 2.24) is 14.8 Å². The number of hydrogen-bond acceptors (Lipinski definition) is 3. The Bertz CT molecular complexity index is 469. The summed E-state index contributed by atoms with van der Waals surface area (Å²) in [6.45, 7) is 0.585. The highest BCUT2D eigenvalue weighted by Gasteiger charge is 2.18. The zero-order valence-corrected chi connectivity index (χ0v) is 13.5. The van der Waals surface area contributed by atoms with Crippen LogP contribution in [0.2, 0.25) is 0 Å². The molecule has 0 spiro atoms. The summed E-state index contributed by atoms with van der Waals surface area (Å²) in [7, 11) is 7.99. The first-order chi connectivity index (χ1) is 10.1. The van der Waals surface area contributed by atoms with Crippen LogP contribution in [0.1, 0.15) is 31.2 Å². The molecule has 0 aliphatic heterocycles. The first-order valence-corrected chi connectivity index (χ1v) is 7.57. The molecule has 1 heterocycles. The molecule has 1 aromatic rings. The third-order valence-corrected chi connectivity index (χ3v) is 3.62. The van der Waals surface area contributed by atoms with Gasteiger partial charge in [-0.1, -0.05) is 6.07 Å². The zero-order chi connectivity index (χ0) is 15.2. The van der Waals surface area contributed by atoms with Crippen molar-refractivity contribution in [3.05, 3.63) is 23.9 Å². The van der Waals surface area contributed by atoms with Crippen molar-refractivity contribution < 1.29 is 4.74 Å². The van der Waals surface area contributed by atoms with E-state index in [-0.39, 0.29) is 0 Å². The Morgan fingerprint density at radius 2 is 1.90 bits per heavy atom. The van der Waals surface area contributed by atoms with Gasteiger partial charge in [-0.15, -0.1) is 0 Å². The Morgan fingerprint density at radius 1 is 1.24 bits per heavy atom. The molecule has 1 aromatic heterocycles. The van der Waals surface area contributed by atoms with Crippen LogP contribution in [0.3, 0.4) is 0 Å². The maximum absolute atomic E-state index is 6.05. The number of rotatable bonds is 4. The summed E-state index contributed by atoms with van der Waals surface area (Å²) >= 11 is 0. The minimum atomic E-state index is 0.324. The molecule has 0 N–H and O–H groups in total. The predicted octanol–water partition coefficient (Wildman–Crippen LogP) is 2.38. The van der Waals surface area contributed by atoms with Crippen LogP contribution in [0.15, 0.2) is 23.3 Å². The molecule has 0 atom stereocenters. The predicted molar refractivity (Wildman–Crippen MR) is 85.6 cm³/mol. The minimum Gasteiger partial charge on any atom is -0.474 e. The molecule has 2 rings (SSSR count). The maximum atomic E-state index is 6.05. The van der Waals surface area contributed by atoms with Gasteiger partial charge in [0.15, 0.2) is 5.96 Å². The average molecular weight is 290 g/mol. The molecule has 5 nitrogen and oxygen atoms in total. The van der Waals surface area contributed by atoms with Gasteiger partial charge in [0.2, 0.25) is 5.88 Å². The van der Waals surface area contributed by atoms with Crippen LogP contribution in [-0.4, -0.2) is 55.0 Å². The molecule has 1 fully saturated rings.